The van der Waals surface area contributed by atoms with Crippen LogP contribution in [0.2, 0.25) is 0 Å². The first kappa shape index (κ1) is 14.8. The van der Waals surface area contributed by atoms with Crippen molar-refractivity contribution < 1.29 is 4.79 Å². The molecule has 2 rings (SSSR count). The van der Waals surface area contributed by atoms with Gasteiger partial charge in [0.15, 0.2) is 0 Å². The lowest BCUT2D eigenvalue weighted by Gasteiger charge is -2.20. The van der Waals surface area contributed by atoms with Crippen LogP contribution in [-0.4, -0.2) is 48.5 Å². The quantitative estimate of drug-likeness (QED) is 0.857. The molecule has 110 valence electrons. The molecule has 0 bridgehead atoms. The summed E-state index contributed by atoms with van der Waals surface area (Å²) in [5.74, 6) is 0.501. The maximum Gasteiger partial charge on any atom is 0.254 e. The summed E-state index contributed by atoms with van der Waals surface area (Å²) < 4.78 is 0. The van der Waals surface area contributed by atoms with Crippen LogP contribution in [0.5, 0.6) is 0 Å². The molecule has 0 saturated carbocycles. The van der Waals surface area contributed by atoms with E-state index in [4.69, 9.17) is 0 Å². The van der Waals surface area contributed by atoms with Gasteiger partial charge in [-0.2, -0.15) is 0 Å². The molecule has 20 heavy (non-hydrogen) atoms. The summed E-state index contributed by atoms with van der Waals surface area (Å²) in [6, 6.07) is 2.40. The molecule has 5 nitrogen and oxygen atoms in total. The Labute approximate surface area is 120 Å². The van der Waals surface area contributed by atoms with Gasteiger partial charge in [0.1, 0.15) is 0 Å². The number of nitrogens with zero attached hydrogens (tertiary/aromatic N) is 2. The van der Waals surface area contributed by atoms with Crippen molar-refractivity contribution in [1.82, 2.24) is 15.2 Å². The third-order valence-corrected chi connectivity index (χ3v) is 3.93. The number of rotatable bonds is 5. The van der Waals surface area contributed by atoms with Crippen molar-refractivity contribution in [3.8, 4) is 0 Å². The second-order valence-corrected chi connectivity index (χ2v) is 5.62. The lowest BCUT2D eigenvalue weighted by Crippen LogP contribution is -2.33. The number of likely N-dealkylation sites (tertiary alicyclic amines) is 1. The van der Waals surface area contributed by atoms with Crippen LogP contribution in [0.25, 0.3) is 0 Å². The van der Waals surface area contributed by atoms with Crippen LogP contribution in [0.15, 0.2) is 18.5 Å². The van der Waals surface area contributed by atoms with Gasteiger partial charge >= 0.3 is 0 Å². The van der Waals surface area contributed by atoms with Crippen LogP contribution in [0.1, 0.15) is 30.6 Å². The highest BCUT2D eigenvalue weighted by Gasteiger charge is 2.24. The van der Waals surface area contributed by atoms with Crippen LogP contribution >= 0.6 is 0 Å². The Morgan fingerprint density at radius 3 is 3.00 bits per heavy atom. The van der Waals surface area contributed by atoms with Crippen LogP contribution in [0, 0.1) is 5.92 Å². The molecule has 0 radical (unpaired) electrons. The molecule has 1 aromatic heterocycles. The molecule has 1 atom stereocenters. The van der Waals surface area contributed by atoms with Gasteiger partial charge in [-0.15, -0.1) is 0 Å². The van der Waals surface area contributed by atoms with Crippen molar-refractivity contribution in [2.45, 2.75) is 26.3 Å². The molecule has 0 aliphatic carbocycles. The lowest BCUT2D eigenvalue weighted by atomic mass is 10.1. The van der Waals surface area contributed by atoms with E-state index in [0.717, 1.165) is 31.7 Å². The molecule has 5 heteroatoms. The fourth-order valence-corrected chi connectivity index (χ4v) is 2.62. The van der Waals surface area contributed by atoms with E-state index < -0.39 is 0 Å². The molecular weight excluding hydrogens is 252 g/mol. The summed E-state index contributed by atoms with van der Waals surface area (Å²) in [7, 11) is 1.81. The molecule has 1 fully saturated rings. The van der Waals surface area contributed by atoms with E-state index in [1.807, 2.05) is 13.1 Å². The molecule has 1 aliphatic rings. The van der Waals surface area contributed by atoms with Gasteiger partial charge in [-0.25, -0.2) is 0 Å². The Morgan fingerprint density at radius 2 is 2.35 bits per heavy atom. The zero-order valence-corrected chi connectivity index (χ0v) is 12.5. The molecule has 0 spiro atoms. The third kappa shape index (κ3) is 3.48. The summed E-state index contributed by atoms with van der Waals surface area (Å²) in [6.07, 6.45) is 4.45. The van der Waals surface area contributed by atoms with Crippen LogP contribution < -0.4 is 10.6 Å². The number of amides is 1. The highest BCUT2D eigenvalue weighted by Crippen LogP contribution is 2.18. The van der Waals surface area contributed by atoms with Crippen LogP contribution in [0.3, 0.4) is 0 Å². The zero-order valence-electron chi connectivity index (χ0n) is 12.5. The Balaban J connectivity index is 1.87. The number of carbonyl (C=O) groups excluding carboxylic acids is 1. The van der Waals surface area contributed by atoms with Crippen LogP contribution in [-0.2, 0) is 0 Å². The fourth-order valence-electron chi connectivity index (χ4n) is 2.62. The second-order valence-electron chi connectivity index (χ2n) is 5.62. The van der Waals surface area contributed by atoms with Gasteiger partial charge in [-0.05, 0) is 38.8 Å². The number of carbonyl (C=O) groups is 1. The van der Waals surface area contributed by atoms with E-state index in [9.17, 15) is 4.79 Å². The summed E-state index contributed by atoms with van der Waals surface area (Å²) in [5, 5.41) is 6.05. The average molecular weight is 276 g/mol. The largest absolute Gasteiger partial charge is 0.387 e. The summed E-state index contributed by atoms with van der Waals surface area (Å²) in [6.45, 7) is 7.38. The Morgan fingerprint density at radius 1 is 1.55 bits per heavy atom. The average Bonchev–Trinajstić information content (AvgIpc) is 2.94. The normalized spacial score (nSPS) is 19.3. The molecule has 1 aromatic rings. The molecule has 0 aromatic carbocycles. The van der Waals surface area contributed by atoms with E-state index >= 15 is 0 Å². The van der Waals surface area contributed by atoms with Gasteiger partial charge in [0.05, 0.1) is 5.56 Å². The Bertz CT molecular complexity index is 461. The fraction of sp³-hybridized carbons (Fsp3) is 0.600. The van der Waals surface area contributed by atoms with E-state index in [2.05, 4.69) is 34.4 Å². The van der Waals surface area contributed by atoms with Crippen LogP contribution in [0.4, 0.5) is 5.69 Å². The van der Waals surface area contributed by atoms with Gasteiger partial charge < -0.3 is 15.5 Å². The van der Waals surface area contributed by atoms with Crippen molar-refractivity contribution in [3.05, 3.63) is 24.0 Å². The highest BCUT2D eigenvalue weighted by atomic mass is 16.1. The zero-order chi connectivity index (χ0) is 14.5. The summed E-state index contributed by atoms with van der Waals surface area (Å²) in [4.78, 5) is 18.7. The van der Waals surface area contributed by atoms with Gasteiger partial charge in [-0.3, -0.25) is 9.78 Å². The van der Waals surface area contributed by atoms with E-state index in [0.29, 0.717) is 17.5 Å². The molecule has 1 amide bonds. The number of hydrogen-bond acceptors (Lipinski definition) is 4. The number of aromatic nitrogens is 1. The maximum atomic E-state index is 12.2. The van der Waals surface area contributed by atoms with E-state index in [1.54, 1.807) is 12.4 Å². The molecule has 1 unspecified atom stereocenters. The van der Waals surface area contributed by atoms with Gasteiger partial charge in [-0.1, -0.05) is 0 Å². The number of pyridine rings is 1. The lowest BCUT2D eigenvalue weighted by molar-refractivity contribution is 0.0947. The summed E-state index contributed by atoms with van der Waals surface area (Å²) >= 11 is 0. The van der Waals surface area contributed by atoms with Crippen molar-refractivity contribution in [2.24, 2.45) is 5.92 Å². The predicted octanol–water partition coefficient (Wildman–Crippen LogP) is 1.58. The third-order valence-electron chi connectivity index (χ3n) is 3.93. The van der Waals surface area contributed by atoms with Gasteiger partial charge in [0.2, 0.25) is 0 Å². The minimum absolute atomic E-state index is 0.0505. The van der Waals surface area contributed by atoms with Gasteiger partial charge in [0, 0.05) is 44.3 Å². The minimum atomic E-state index is -0.0505. The first-order chi connectivity index (χ1) is 9.61. The predicted molar refractivity (Wildman–Crippen MR) is 80.9 cm³/mol. The maximum absolute atomic E-state index is 12.2. The number of hydrogen-bond donors (Lipinski definition) is 2. The van der Waals surface area contributed by atoms with Gasteiger partial charge in [0.25, 0.3) is 5.91 Å². The molecule has 2 heterocycles. The van der Waals surface area contributed by atoms with Crippen molar-refractivity contribution in [2.75, 3.05) is 32.0 Å². The standard InChI is InChI=1S/C15H24N4O/c1-11(2)19-7-5-12(10-19)8-18-15(20)13-9-17-6-4-14(13)16-3/h4,6,9,11-12H,5,7-8,10H2,1-3H3,(H,16,17)(H,18,20). The topological polar surface area (TPSA) is 57.3 Å². The minimum Gasteiger partial charge on any atom is -0.387 e. The molecular formula is C15H24N4O. The molecule has 2 N–H and O–H groups in total. The Hall–Kier alpha value is -1.62. The van der Waals surface area contributed by atoms with Crippen molar-refractivity contribution >= 4 is 11.6 Å². The second kappa shape index (κ2) is 6.70. The first-order valence-electron chi connectivity index (χ1n) is 7.25. The molecule has 1 saturated heterocycles. The first-order valence-corrected chi connectivity index (χ1v) is 7.25. The number of nitrogens with one attached hydrogen (secondary N) is 2. The van der Waals surface area contributed by atoms with Crippen molar-refractivity contribution in [3.63, 3.8) is 0 Å². The summed E-state index contributed by atoms with van der Waals surface area (Å²) in [5.41, 5.74) is 1.42. The molecule has 1 aliphatic heterocycles. The smallest absolute Gasteiger partial charge is 0.254 e. The monoisotopic (exact) mass is 276 g/mol. The Kier molecular flexibility index (Phi) is 4.95. The highest BCUT2D eigenvalue weighted by molar-refractivity contribution is 5.99. The number of anilines is 1. The SMILES string of the molecule is CNc1ccncc1C(=O)NCC1CCN(C(C)C)C1. The van der Waals surface area contributed by atoms with E-state index in [1.165, 1.54) is 0 Å². The van der Waals surface area contributed by atoms with Crippen molar-refractivity contribution in [1.29, 1.82) is 0 Å². The van der Waals surface area contributed by atoms with E-state index in [-0.39, 0.29) is 5.91 Å².